The van der Waals surface area contributed by atoms with E-state index in [1.807, 2.05) is 6.92 Å². The summed E-state index contributed by atoms with van der Waals surface area (Å²) in [5.41, 5.74) is 1.03. The summed E-state index contributed by atoms with van der Waals surface area (Å²) in [5, 5.41) is 3.46. The van der Waals surface area contributed by atoms with Gasteiger partial charge in [-0.3, -0.25) is 0 Å². The normalized spacial score (nSPS) is 21.3. The lowest BCUT2D eigenvalue weighted by Crippen LogP contribution is -2.25. The number of nitrogens with one attached hydrogen (secondary N) is 1. The Hall–Kier alpha value is -1.07. The van der Waals surface area contributed by atoms with Gasteiger partial charge >= 0.3 is 0 Å². The first kappa shape index (κ1) is 14.3. The van der Waals surface area contributed by atoms with Crippen molar-refractivity contribution in [3.05, 3.63) is 11.9 Å². The summed E-state index contributed by atoms with van der Waals surface area (Å²) in [6.45, 7) is 7.55. The summed E-state index contributed by atoms with van der Waals surface area (Å²) >= 11 is 0. The molecule has 0 spiro atoms. The van der Waals surface area contributed by atoms with Crippen LogP contribution in [-0.2, 0) is 9.47 Å². The van der Waals surface area contributed by atoms with E-state index < -0.39 is 0 Å². The molecule has 1 N–H and O–H groups in total. The van der Waals surface area contributed by atoms with Crippen LogP contribution in [0.1, 0.15) is 31.5 Å². The van der Waals surface area contributed by atoms with Crippen molar-refractivity contribution in [1.29, 1.82) is 0 Å². The lowest BCUT2D eigenvalue weighted by atomic mass is 10.0. The van der Waals surface area contributed by atoms with Crippen LogP contribution in [0.3, 0.4) is 0 Å². The van der Waals surface area contributed by atoms with E-state index >= 15 is 0 Å². The number of aryl methyl sites for hydroxylation is 1. The summed E-state index contributed by atoms with van der Waals surface area (Å²) in [5.74, 6) is 1.53. The molecule has 0 amide bonds. The summed E-state index contributed by atoms with van der Waals surface area (Å²) in [6.07, 6.45) is 4.48. The minimum absolute atomic E-state index is 0.288. The number of rotatable bonds is 6. The number of aromatic nitrogens is 2. The molecule has 1 aliphatic rings. The molecular formula is C14H25N3O2. The zero-order valence-electron chi connectivity index (χ0n) is 12.2. The lowest BCUT2D eigenvalue weighted by molar-refractivity contribution is 0.0594. The van der Waals surface area contributed by atoms with Gasteiger partial charge in [-0.25, -0.2) is 4.98 Å². The Labute approximate surface area is 115 Å². The minimum Gasteiger partial charge on any atom is -0.383 e. The van der Waals surface area contributed by atoms with Gasteiger partial charge in [0.15, 0.2) is 0 Å². The third kappa shape index (κ3) is 3.94. The van der Waals surface area contributed by atoms with Gasteiger partial charge in [-0.2, -0.15) is 0 Å². The van der Waals surface area contributed by atoms with E-state index in [2.05, 4.69) is 28.0 Å². The van der Waals surface area contributed by atoms with Gasteiger partial charge < -0.3 is 19.4 Å². The Morgan fingerprint density at radius 2 is 2.47 bits per heavy atom. The van der Waals surface area contributed by atoms with Gasteiger partial charge in [0, 0.05) is 26.5 Å². The molecule has 2 unspecified atom stereocenters. The maximum atomic E-state index is 5.50. The van der Waals surface area contributed by atoms with Gasteiger partial charge in [0.1, 0.15) is 0 Å². The highest BCUT2D eigenvalue weighted by atomic mass is 16.5. The van der Waals surface area contributed by atoms with Crippen LogP contribution in [0, 0.1) is 12.8 Å². The SMILES string of the molecule is COCC(C)n1cc(C)nc1NCC1CCCOC1. The molecule has 0 radical (unpaired) electrons. The molecule has 5 nitrogen and oxygen atoms in total. The monoisotopic (exact) mass is 267 g/mol. The van der Waals surface area contributed by atoms with E-state index in [9.17, 15) is 0 Å². The average molecular weight is 267 g/mol. The van der Waals surface area contributed by atoms with Crippen LogP contribution in [0.5, 0.6) is 0 Å². The van der Waals surface area contributed by atoms with Crippen LogP contribution >= 0.6 is 0 Å². The number of hydrogen-bond acceptors (Lipinski definition) is 4. The second kappa shape index (κ2) is 6.91. The summed E-state index contributed by atoms with van der Waals surface area (Å²) in [7, 11) is 1.73. The molecule has 1 saturated heterocycles. The lowest BCUT2D eigenvalue weighted by Gasteiger charge is -2.23. The molecule has 0 saturated carbocycles. The predicted octanol–water partition coefficient (Wildman–Crippen LogP) is 2.24. The molecule has 19 heavy (non-hydrogen) atoms. The van der Waals surface area contributed by atoms with Crippen LogP contribution in [0.25, 0.3) is 0 Å². The van der Waals surface area contributed by atoms with Crippen LogP contribution in [0.4, 0.5) is 5.95 Å². The molecule has 0 aromatic carbocycles. The van der Waals surface area contributed by atoms with Crippen molar-refractivity contribution < 1.29 is 9.47 Å². The van der Waals surface area contributed by atoms with Crippen LogP contribution in [0.15, 0.2) is 6.20 Å². The Kier molecular flexibility index (Phi) is 5.22. The van der Waals surface area contributed by atoms with Crippen molar-refractivity contribution in [2.45, 2.75) is 32.7 Å². The Morgan fingerprint density at radius 1 is 1.63 bits per heavy atom. The van der Waals surface area contributed by atoms with E-state index in [1.165, 1.54) is 12.8 Å². The maximum Gasteiger partial charge on any atom is 0.203 e. The number of imidazole rings is 1. The van der Waals surface area contributed by atoms with E-state index in [-0.39, 0.29) is 6.04 Å². The second-order valence-corrected chi connectivity index (χ2v) is 5.38. The second-order valence-electron chi connectivity index (χ2n) is 5.38. The Morgan fingerprint density at radius 3 is 3.16 bits per heavy atom. The largest absolute Gasteiger partial charge is 0.383 e. The van der Waals surface area contributed by atoms with Gasteiger partial charge in [0.25, 0.3) is 0 Å². The Balaban J connectivity index is 1.94. The number of hydrogen-bond donors (Lipinski definition) is 1. The maximum absolute atomic E-state index is 5.50. The fraction of sp³-hybridized carbons (Fsp3) is 0.786. The number of methoxy groups -OCH3 is 1. The van der Waals surface area contributed by atoms with Crippen molar-refractivity contribution in [1.82, 2.24) is 9.55 Å². The molecule has 2 rings (SSSR count). The molecule has 1 aromatic rings. The minimum atomic E-state index is 0.288. The van der Waals surface area contributed by atoms with Crippen molar-refractivity contribution in [3.8, 4) is 0 Å². The first-order valence-corrected chi connectivity index (χ1v) is 7.06. The highest BCUT2D eigenvalue weighted by molar-refractivity contribution is 5.29. The average Bonchev–Trinajstić information content (AvgIpc) is 2.79. The number of nitrogens with zero attached hydrogens (tertiary/aromatic N) is 2. The standard InChI is InChI=1S/C14H25N3O2/c1-11-8-17(12(2)9-18-3)14(16-11)15-7-13-5-4-6-19-10-13/h8,12-13H,4-7,9-10H2,1-3H3,(H,15,16). The van der Waals surface area contributed by atoms with Gasteiger partial charge in [-0.15, -0.1) is 0 Å². The molecule has 0 bridgehead atoms. The molecule has 2 atom stereocenters. The molecule has 0 aliphatic carbocycles. The summed E-state index contributed by atoms with van der Waals surface area (Å²) in [4.78, 5) is 4.55. The molecule has 5 heteroatoms. The summed E-state index contributed by atoms with van der Waals surface area (Å²) in [6, 6.07) is 0.288. The molecule has 1 aliphatic heterocycles. The smallest absolute Gasteiger partial charge is 0.203 e. The van der Waals surface area contributed by atoms with E-state index in [4.69, 9.17) is 9.47 Å². The van der Waals surface area contributed by atoms with Gasteiger partial charge in [0.2, 0.25) is 5.95 Å². The topological polar surface area (TPSA) is 48.3 Å². The van der Waals surface area contributed by atoms with E-state index in [0.717, 1.165) is 31.4 Å². The van der Waals surface area contributed by atoms with Gasteiger partial charge in [-0.05, 0) is 32.6 Å². The van der Waals surface area contributed by atoms with Crippen molar-refractivity contribution >= 4 is 5.95 Å². The third-order valence-corrected chi connectivity index (χ3v) is 3.54. The predicted molar refractivity (Wildman–Crippen MR) is 75.6 cm³/mol. The molecule has 1 aromatic heterocycles. The molecule has 108 valence electrons. The fourth-order valence-electron chi connectivity index (χ4n) is 2.51. The van der Waals surface area contributed by atoms with E-state index in [0.29, 0.717) is 12.5 Å². The zero-order chi connectivity index (χ0) is 13.7. The summed E-state index contributed by atoms with van der Waals surface area (Å²) < 4.78 is 12.9. The third-order valence-electron chi connectivity index (χ3n) is 3.54. The van der Waals surface area contributed by atoms with E-state index in [1.54, 1.807) is 7.11 Å². The first-order chi connectivity index (χ1) is 9.20. The molecular weight excluding hydrogens is 242 g/mol. The van der Waals surface area contributed by atoms with Crippen molar-refractivity contribution in [2.75, 3.05) is 38.8 Å². The number of anilines is 1. The van der Waals surface area contributed by atoms with Crippen LogP contribution in [-0.4, -0.2) is 43.0 Å². The van der Waals surface area contributed by atoms with Crippen molar-refractivity contribution in [2.24, 2.45) is 5.92 Å². The fourth-order valence-corrected chi connectivity index (χ4v) is 2.51. The van der Waals surface area contributed by atoms with Crippen LogP contribution in [0.2, 0.25) is 0 Å². The molecule has 2 heterocycles. The quantitative estimate of drug-likeness (QED) is 0.858. The van der Waals surface area contributed by atoms with Crippen molar-refractivity contribution in [3.63, 3.8) is 0 Å². The number of ether oxygens (including phenoxy) is 2. The zero-order valence-corrected chi connectivity index (χ0v) is 12.2. The highest BCUT2D eigenvalue weighted by Crippen LogP contribution is 2.18. The Bertz CT molecular complexity index is 386. The molecule has 1 fully saturated rings. The van der Waals surface area contributed by atoms with Crippen LogP contribution < -0.4 is 5.32 Å². The highest BCUT2D eigenvalue weighted by Gasteiger charge is 2.16. The van der Waals surface area contributed by atoms with Gasteiger partial charge in [-0.1, -0.05) is 0 Å². The van der Waals surface area contributed by atoms with Gasteiger partial charge in [0.05, 0.1) is 24.9 Å². The first-order valence-electron chi connectivity index (χ1n) is 7.06.